The van der Waals surface area contributed by atoms with Gasteiger partial charge in [-0.3, -0.25) is 14.9 Å². The third-order valence-corrected chi connectivity index (χ3v) is 2.80. The van der Waals surface area contributed by atoms with Crippen LogP contribution in [0.4, 0.5) is 5.69 Å². The van der Waals surface area contributed by atoms with Crippen LogP contribution < -0.4 is 0 Å². The fourth-order valence-corrected chi connectivity index (χ4v) is 1.97. The van der Waals surface area contributed by atoms with Crippen LogP contribution >= 0.6 is 15.9 Å². The van der Waals surface area contributed by atoms with Crippen LogP contribution in [0.3, 0.4) is 0 Å². The summed E-state index contributed by atoms with van der Waals surface area (Å²) >= 11 is 3.23. The van der Waals surface area contributed by atoms with E-state index < -0.39 is 10.9 Å². The van der Waals surface area contributed by atoms with Gasteiger partial charge in [0.25, 0.3) is 5.69 Å². The van der Waals surface area contributed by atoms with E-state index in [1.165, 1.54) is 6.07 Å². The van der Waals surface area contributed by atoms with Gasteiger partial charge in [0, 0.05) is 17.0 Å². The monoisotopic (exact) mass is 287 g/mol. The van der Waals surface area contributed by atoms with Crippen LogP contribution in [0.25, 0.3) is 0 Å². The summed E-state index contributed by atoms with van der Waals surface area (Å²) in [6, 6.07) is 2.98. The molecule has 0 heterocycles. The fourth-order valence-electron chi connectivity index (χ4n) is 1.45. The highest BCUT2D eigenvalue weighted by atomic mass is 79.9. The number of carboxylic acid groups (broad SMARTS) is 1. The average Bonchev–Trinajstić information content (AvgIpc) is 2.18. The van der Waals surface area contributed by atoms with Crippen LogP contribution in [0, 0.1) is 17.0 Å². The number of aryl methyl sites for hydroxylation is 1. The Morgan fingerprint density at radius 1 is 1.50 bits per heavy atom. The van der Waals surface area contributed by atoms with Crippen LogP contribution in [0.2, 0.25) is 0 Å². The second kappa shape index (κ2) is 5.07. The number of halogens is 1. The smallest absolute Gasteiger partial charge is 0.307 e. The van der Waals surface area contributed by atoms with Crippen molar-refractivity contribution in [3.05, 3.63) is 38.9 Å². The summed E-state index contributed by atoms with van der Waals surface area (Å²) < 4.78 is 0. The lowest BCUT2D eigenvalue weighted by molar-refractivity contribution is -0.385. The van der Waals surface area contributed by atoms with E-state index in [0.717, 1.165) is 5.56 Å². The molecule has 0 unspecified atom stereocenters. The van der Waals surface area contributed by atoms with Crippen LogP contribution in [0.5, 0.6) is 0 Å². The van der Waals surface area contributed by atoms with Gasteiger partial charge < -0.3 is 5.11 Å². The zero-order chi connectivity index (χ0) is 12.3. The molecule has 86 valence electrons. The third-order valence-electron chi connectivity index (χ3n) is 2.20. The van der Waals surface area contributed by atoms with Crippen molar-refractivity contribution in [3.63, 3.8) is 0 Å². The van der Waals surface area contributed by atoms with Crippen molar-refractivity contribution in [2.24, 2.45) is 0 Å². The molecule has 0 fully saturated rings. The standard InChI is InChI=1S/C10H10BrNO4/c1-6-2-8(5-11)7(4-10(13)14)3-9(6)12(15)16/h2-3H,4-5H2,1H3,(H,13,14). The van der Waals surface area contributed by atoms with Gasteiger partial charge in [0.1, 0.15) is 0 Å². The topological polar surface area (TPSA) is 80.4 Å². The Hall–Kier alpha value is -1.43. The Kier molecular flexibility index (Phi) is 4.00. The summed E-state index contributed by atoms with van der Waals surface area (Å²) in [7, 11) is 0. The van der Waals surface area contributed by atoms with Crippen molar-refractivity contribution in [1.82, 2.24) is 0 Å². The molecule has 0 saturated carbocycles. The van der Waals surface area contributed by atoms with E-state index >= 15 is 0 Å². The zero-order valence-electron chi connectivity index (χ0n) is 8.57. The summed E-state index contributed by atoms with van der Waals surface area (Å²) in [5, 5.41) is 19.9. The molecule has 0 aliphatic heterocycles. The Labute approximate surface area is 100 Å². The lowest BCUT2D eigenvalue weighted by Gasteiger charge is -2.07. The Balaban J connectivity index is 3.28. The summed E-state index contributed by atoms with van der Waals surface area (Å²) in [6.07, 6.45) is -0.206. The minimum Gasteiger partial charge on any atom is -0.481 e. The quantitative estimate of drug-likeness (QED) is 0.524. The van der Waals surface area contributed by atoms with Gasteiger partial charge in [0.2, 0.25) is 0 Å². The van der Waals surface area contributed by atoms with Gasteiger partial charge in [-0.2, -0.15) is 0 Å². The maximum Gasteiger partial charge on any atom is 0.307 e. The van der Waals surface area contributed by atoms with Crippen LogP contribution in [0.1, 0.15) is 16.7 Å². The predicted molar refractivity (Wildman–Crippen MR) is 61.8 cm³/mol. The summed E-state index contributed by atoms with van der Waals surface area (Å²) in [5.74, 6) is -1.000. The molecule has 1 N–H and O–H groups in total. The van der Waals surface area contributed by atoms with Crippen molar-refractivity contribution in [2.45, 2.75) is 18.7 Å². The van der Waals surface area contributed by atoms with Crippen molar-refractivity contribution in [1.29, 1.82) is 0 Å². The van der Waals surface area contributed by atoms with Gasteiger partial charge in [-0.15, -0.1) is 0 Å². The normalized spacial score (nSPS) is 10.1. The number of carboxylic acids is 1. The lowest BCUT2D eigenvalue weighted by Crippen LogP contribution is -2.05. The number of alkyl halides is 1. The average molecular weight is 288 g/mol. The molecule has 0 radical (unpaired) electrons. The fraction of sp³-hybridized carbons (Fsp3) is 0.300. The molecule has 0 aromatic heterocycles. The zero-order valence-corrected chi connectivity index (χ0v) is 10.2. The van der Waals surface area contributed by atoms with E-state index in [1.54, 1.807) is 13.0 Å². The molecule has 6 heteroatoms. The molecule has 0 spiro atoms. The van der Waals surface area contributed by atoms with Crippen LogP contribution in [-0.2, 0) is 16.5 Å². The number of hydrogen-bond acceptors (Lipinski definition) is 3. The number of carbonyl (C=O) groups is 1. The maximum absolute atomic E-state index is 10.7. The molecule has 1 aromatic carbocycles. The highest BCUT2D eigenvalue weighted by Gasteiger charge is 2.16. The molecule has 1 rings (SSSR count). The molecule has 16 heavy (non-hydrogen) atoms. The second-order valence-corrected chi connectivity index (χ2v) is 3.93. The van der Waals surface area contributed by atoms with Crippen LogP contribution in [-0.4, -0.2) is 16.0 Å². The Morgan fingerprint density at radius 2 is 2.12 bits per heavy atom. The Morgan fingerprint density at radius 3 is 2.56 bits per heavy atom. The van der Waals surface area contributed by atoms with Gasteiger partial charge >= 0.3 is 5.97 Å². The van der Waals surface area contributed by atoms with Gasteiger partial charge in [-0.05, 0) is 24.1 Å². The molecule has 0 aliphatic rings. The molecular formula is C10H10BrNO4. The van der Waals surface area contributed by atoms with Gasteiger partial charge in [-0.25, -0.2) is 0 Å². The molecule has 0 bridgehead atoms. The summed E-state index contributed by atoms with van der Waals surface area (Å²) in [4.78, 5) is 20.8. The highest BCUT2D eigenvalue weighted by Crippen LogP contribution is 2.25. The predicted octanol–water partition coefficient (Wildman–Crippen LogP) is 2.43. The lowest BCUT2D eigenvalue weighted by atomic mass is 10.0. The maximum atomic E-state index is 10.7. The molecule has 0 atom stereocenters. The SMILES string of the molecule is Cc1cc(CBr)c(CC(=O)O)cc1[N+](=O)[O-]. The first-order chi connectivity index (χ1) is 7.45. The van der Waals surface area contributed by atoms with Gasteiger partial charge in [0.05, 0.1) is 11.3 Å². The van der Waals surface area contributed by atoms with Crippen molar-refractivity contribution in [2.75, 3.05) is 0 Å². The molecule has 1 aromatic rings. The van der Waals surface area contributed by atoms with E-state index in [0.29, 0.717) is 16.5 Å². The van der Waals surface area contributed by atoms with Crippen molar-refractivity contribution >= 4 is 27.6 Å². The number of nitrogens with zero attached hydrogens (tertiary/aromatic N) is 1. The molecule has 0 amide bonds. The highest BCUT2D eigenvalue weighted by molar-refractivity contribution is 9.08. The number of nitro groups is 1. The molecule has 0 saturated heterocycles. The number of benzene rings is 1. The van der Waals surface area contributed by atoms with E-state index in [1.807, 2.05) is 0 Å². The first kappa shape index (κ1) is 12.6. The van der Waals surface area contributed by atoms with Gasteiger partial charge in [0.15, 0.2) is 0 Å². The second-order valence-electron chi connectivity index (χ2n) is 3.37. The van der Waals surface area contributed by atoms with Crippen LogP contribution in [0.15, 0.2) is 12.1 Å². The summed E-state index contributed by atoms with van der Waals surface area (Å²) in [6.45, 7) is 1.63. The molecular weight excluding hydrogens is 278 g/mol. The van der Waals surface area contributed by atoms with E-state index in [-0.39, 0.29) is 12.1 Å². The summed E-state index contributed by atoms with van der Waals surface area (Å²) in [5.41, 5.74) is 1.74. The van der Waals surface area contributed by atoms with E-state index in [2.05, 4.69) is 15.9 Å². The number of hydrogen-bond donors (Lipinski definition) is 1. The number of rotatable bonds is 4. The number of nitro benzene ring substituents is 1. The van der Waals surface area contributed by atoms with Gasteiger partial charge in [-0.1, -0.05) is 15.9 Å². The number of aliphatic carboxylic acids is 1. The third kappa shape index (κ3) is 2.79. The first-order valence-corrected chi connectivity index (χ1v) is 5.62. The van der Waals surface area contributed by atoms with Crippen molar-refractivity contribution < 1.29 is 14.8 Å². The Bertz CT molecular complexity index is 445. The van der Waals surface area contributed by atoms with Crippen molar-refractivity contribution in [3.8, 4) is 0 Å². The van der Waals surface area contributed by atoms with E-state index in [4.69, 9.17) is 5.11 Å². The molecule has 0 aliphatic carbocycles. The molecule has 5 nitrogen and oxygen atoms in total. The minimum atomic E-state index is -1.000. The first-order valence-electron chi connectivity index (χ1n) is 4.50. The largest absolute Gasteiger partial charge is 0.481 e. The minimum absolute atomic E-state index is 0.0408. The van der Waals surface area contributed by atoms with E-state index in [9.17, 15) is 14.9 Å².